The van der Waals surface area contributed by atoms with Crippen molar-refractivity contribution in [2.24, 2.45) is 0 Å². The molecule has 1 atom stereocenters. The molecule has 0 heterocycles. The molecule has 0 saturated carbocycles. The second-order valence-electron chi connectivity index (χ2n) is 4.13. The molecule has 116 valence electrons. The number of hydrogen-bond donors (Lipinski definition) is 4. The highest BCUT2D eigenvalue weighted by molar-refractivity contribution is 5.85. The van der Waals surface area contributed by atoms with Gasteiger partial charge in [0.2, 0.25) is 11.6 Å². The molecule has 3 amide bonds. The van der Waals surface area contributed by atoms with Gasteiger partial charge in [0.15, 0.2) is 0 Å². The summed E-state index contributed by atoms with van der Waals surface area (Å²) in [6.07, 6.45) is -0.00903. The molecule has 9 heteroatoms. The van der Waals surface area contributed by atoms with Gasteiger partial charge in [-0.2, -0.15) is 0 Å². The zero-order chi connectivity index (χ0) is 15.8. The predicted octanol–water partition coefficient (Wildman–Crippen LogP) is -1.99. The molecular weight excluding hydrogens is 270 g/mol. The fraction of sp³-hybridized carbons (Fsp3) is 0.727. The second kappa shape index (κ2) is 8.33. The molecule has 0 rings (SSSR count). The van der Waals surface area contributed by atoms with Gasteiger partial charge in [-0.1, -0.05) is 0 Å². The summed E-state index contributed by atoms with van der Waals surface area (Å²) in [5, 5.41) is 23.2. The average Bonchev–Trinajstić information content (AvgIpc) is 2.41. The summed E-state index contributed by atoms with van der Waals surface area (Å²) in [5.41, 5.74) is -2.08. The summed E-state index contributed by atoms with van der Waals surface area (Å²) in [6, 6.07) is -0.697. The topological polar surface area (TPSA) is 128 Å². The second-order valence-corrected chi connectivity index (χ2v) is 4.13. The van der Waals surface area contributed by atoms with Gasteiger partial charge in [0.25, 0.3) is 0 Å². The van der Waals surface area contributed by atoms with Crippen molar-refractivity contribution in [2.75, 3.05) is 33.9 Å². The third-order valence-corrected chi connectivity index (χ3v) is 2.59. The van der Waals surface area contributed by atoms with Crippen molar-refractivity contribution < 1.29 is 29.3 Å². The number of nitrogens with one attached hydrogen (secondary N) is 2. The number of urea groups is 1. The van der Waals surface area contributed by atoms with E-state index in [4.69, 9.17) is 5.11 Å². The van der Waals surface area contributed by atoms with Crippen LogP contribution in [0, 0.1) is 0 Å². The Morgan fingerprint density at radius 1 is 1.25 bits per heavy atom. The minimum Gasteiger partial charge on any atom is -0.465 e. The maximum absolute atomic E-state index is 11.7. The van der Waals surface area contributed by atoms with Crippen LogP contribution < -0.4 is 10.6 Å². The first-order valence-electron chi connectivity index (χ1n) is 5.97. The lowest BCUT2D eigenvalue weighted by atomic mass is 10.2. The lowest BCUT2D eigenvalue weighted by molar-refractivity contribution is -0.174. The van der Waals surface area contributed by atoms with Gasteiger partial charge >= 0.3 is 12.0 Å². The van der Waals surface area contributed by atoms with Crippen molar-refractivity contribution >= 4 is 17.9 Å². The number of carbonyl (C=O) groups excluding carboxylic acids is 3. The SMILES string of the molecule is COC(=O)C(C)(O)N(C)C(=O)NCCNC(=O)CCO. The normalized spacial score (nSPS) is 13.1. The van der Waals surface area contributed by atoms with Gasteiger partial charge in [-0.25, -0.2) is 9.59 Å². The van der Waals surface area contributed by atoms with Crippen LogP contribution in [0.3, 0.4) is 0 Å². The van der Waals surface area contributed by atoms with Crippen LogP contribution in [0.15, 0.2) is 0 Å². The molecule has 0 aromatic rings. The third kappa shape index (κ3) is 5.41. The van der Waals surface area contributed by atoms with Crippen LogP contribution in [-0.4, -0.2) is 72.6 Å². The van der Waals surface area contributed by atoms with E-state index in [-0.39, 0.29) is 32.0 Å². The van der Waals surface area contributed by atoms with Crippen LogP contribution in [0.1, 0.15) is 13.3 Å². The maximum Gasteiger partial charge on any atom is 0.359 e. The Hall–Kier alpha value is -1.87. The van der Waals surface area contributed by atoms with Crippen molar-refractivity contribution in [1.82, 2.24) is 15.5 Å². The summed E-state index contributed by atoms with van der Waals surface area (Å²) in [6.45, 7) is 1.15. The number of hydrogen-bond acceptors (Lipinski definition) is 6. The number of esters is 1. The first-order chi connectivity index (χ1) is 9.27. The molecule has 0 bridgehead atoms. The summed E-state index contributed by atoms with van der Waals surface area (Å²) in [7, 11) is 2.33. The first-order valence-corrected chi connectivity index (χ1v) is 5.97. The number of amides is 3. The molecule has 4 N–H and O–H groups in total. The molecule has 0 saturated heterocycles. The van der Waals surface area contributed by atoms with Gasteiger partial charge < -0.3 is 25.6 Å². The minimum atomic E-state index is -2.08. The largest absolute Gasteiger partial charge is 0.465 e. The lowest BCUT2D eigenvalue weighted by Gasteiger charge is -2.31. The molecule has 1 unspecified atom stereocenters. The standard InChI is InChI=1S/C11H21N3O6/c1-11(19,9(17)20-3)14(2)10(18)13-6-5-12-8(16)4-7-15/h15,19H,4-7H2,1-3H3,(H,12,16)(H,13,18). The van der Waals surface area contributed by atoms with E-state index in [0.29, 0.717) is 0 Å². The highest BCUT2D eigenvalue weighted by atomic mass is 16.5. The van der Waals surface area contributed by atoms with Crippen molar-refractivity contribution in [2.45, 2.75) is 19.1 Å². The Morgan fingerprint density at radius 2 is 1.80 bits per heavy atom. The van der Waals surface area contributed by atoms with Gasteiger partial charge in [0, 0.05) is 26.6 Å². The van der Waals surface area contributed by atoms with Gasteiger partial charge in [-0.3, -0.25) is 9.69 Å². The number of carbonyl (C=O) groups is 3. The Kier molecular flexibility index (Phi) is 7.55. The summed E-state index contributed by atoms with van der Waals surface area (Å²) < 4.78 is 4.38. The fourth-order valence-corrected chi connectivity index (χ4v) is 1.21. The molecule has 0 aliphatic rings. The van der Waals surface area contributed by atoms with Crippen LogP contribution in [0.4, 0.5) is 4.79 Å². The zero-order valence-electron chi connectivity index (χ0n) is 11.8. The average molecular weight is 291 g/mol. The van der Waals surface area contributed by atoms with Crippen LogP contribution in [-0.2, 0) is 14.3 Å². The predicted molar refractivity (Wildman–Crippen MR) is 68.5 cm³/mol. The Bertz CT molecular complexity index is 358. The van der Waals surface area contributed by atoms with E-state index in [0.717, 1.165) is 18.9 Å². The molecule has 0 spiro atoms. The van der Waals surface area contributed by atoms with E-state index < -0.39 is 17.7 Å². The zero-order valence-corrected chi connectivity index (χ0v) is 11.8. The maximum atomic E-state index is 11.7. The Balaban J connectivity index is 4.15. The molecule has 9 nitrogen and oxygen atoms in total. The fourth-order valence-electron chi connectivity index (χ4n) is 1.21. The smallest absolute Gasteiger partial charge is 0.359 e. The third-order valence-electron chi connectivity index (χ3n) is 2.59. The monoisotopic (exact) mass is 291 g/mol. The van der Waals surface area contributed by atoms with Gasteiger partial charge in [0.1, 0.15) is 0 Å². The molecule has 0 aromatic carbocycles. The molecule has 0 aliphatic carbocycles. The number of nitrogens with zero attached hydrogens (tertiary/aromatic N) is 1. The van der Waals surface area contributed by atoms with Gasteiger partial charge in [-0.15, -0.1) is 0 Å². The molecule has 0 radical (unpaired) electrons. The van der Waals surface area contributed by atoms with Crippen LogP contribution >= 0.6 is 0 Å². The minimum absolute atomic E-state index is 0.00903. The van der Waals surface area contributed by atoms with E-state index in [1.807, 2.05) is 0 Å². The van der Waals surface area contributed by atoms with E-state index in [2.05, 4.69) is 15.4 Å². The summed E-state index contributed by atoms with van der Waals surface area (Å²) in [5.74, 6) is -1.30. The first kappa shape index (κ1) is 18.1. The number of ether oxygens (including phenoxy) is 1. The molecule has 20 heavy (non-hydrogen) atoms. The lowest BCUT2D eigenvalue weighted by Crippen LogP contribution is -2.56. The van der Waals surface area contributed by atoms with Crippen molar-refractivity contribution in [1.29, 1.82) is 0 Å². The molecule has 0 aromatic heterocycles. The quantitative estimate of drug-likeness (QED) is 0.244. The number of rotatable bonds is 7. The molecular formula is C11H21N3O6. The van der Waals surface area contributed by atoms with Gasteiger partial charge in [0.05, 0.1) is 13.7 Å². The van der Waals surface area contributed by atoms with Crippen LogP contribution in [0.5, 0.6) is 0 Å². The van der Waals surface area contributed by atoms with E-state index >= 15 is 0 Å². The highest BCUT2D eigenvalue weighted by Gasteiger charge is 2.39. The number of methoxy groups -OCH3 is 1. The van der Waals surface area contributed by atoms with Crippen molar-refractivity contribution in [3.63, 3.8) is 0 Å². The van der Waals surface area contributed by atoms with Crippen molar-refractivity contribution in [3.05, 3.63) is 0 Å². The summed E-state index contributed by atoms with van der Waals surface area (Å²) >= 11 is 0. The highest BCUT2D eigenvalue weighted by Crippen LogP contribution is 2.10. The van der Waals surface area contributed by atoms with Crippen LogP contribution in [0.25, 0.3) is 0 Å². The van der Waals surface area contributed by atoms with Crippen LogP contribution in [0.2, 0.25) is 0 Å². The Labute approximate surface area is 116 Å². The van der Waals surface area contributed by atoms with E-state index in [1.165, 1.54) is 7.05 Å². The Morgan fingerprint density at radius 3 is 2.30 bits per heavy atom. The van der Waals surface area contributed by atoms with E-state index in [9.17, 15) is 19.5 Å². The number of aliphatic hydroxyl groups excluding tert-OH is 1. The van der Waals surface area contributed by atoms with E-state index in [1.54, 1.807) is 0 Å². The number of aliphatic hydroxyl groups is 2. The van der Waals surface area contributed by atoms with Crippen molar-refractivity contribution in [3.8, 4) is 0 Å². The number of likely N-dealkylation sites (N-methyl/N-ethyl adjacent to an activating group) is 1. The van der Waals surface area contributed by atoms with Gasteiger partial charge in [-0.05, 0) is 6.92 Å². The summed E-state index contributed by atoms with van der Waals surface area (Å²) in [4.78, 5) is 34.8. The molecule has 0 fully saturated rings. The molecule has 0 aliphatic heterocycles.